The van der Waals surface area contributed by atoms with Gasteiger partial charge in [-0.15, -0.1) is 0 Å². The van der Waals surface area contributed by atoms with E-state index in [1.54, 1.807) is 37.3 Å². The molecule has 0 radical (unpaired) electrons. The molecule has 9 nitrogen and oxygen atoms in total. The standard InChI is InChI=1S/C28H25Cl2N5O4/c1-16(27(36)37)8-11-38-18-6-7-19(22(30)12-18)24-34-23-25(32-15-33-26(23)39-28(2)9-10-28)35(24)14-17-4-3-5-21(29)20(17)13-31/h3-7,12,15-16H,8-11,14H2,1-2H3,(H,36,37)/t16-/m1/s1. The molecule has 1 aliphatic rings. The van der Waals surface area contributed by atoms with Gasteiger partial charge < -0.3 is 19.1 Å². The smallest absolute Gasteiger partial charge is 0.306 e. The number of carboxylic acid groups (broad SMARTS) is 1. The Balaban J connectivity index is 1.56. The number of nitriles is 1. The maximum atomic E-state index is 11.1. The summed E-state index contributed by atoms with van der Waals surface area (Å²) in [4.78, 5) is 24.8. The van der Waals surface area contributed by atoms with E-state index in [1.807, 2.05) is 17.6 Å². The molecule has 0 amide bonds. The number of imidazole rings is 1. The first-order chi connectivity index (χ1) is 18.7. The Morgan fingerprint density at radius 3 is 2.72 bits per heavy atom. The van der Waals surface area contributed by atoms with E-state index in [9.17, 15) is 10.1 Å². The van der Waals surface area contributed by atoms with Crippen molar-refractivity contribution in [1.82, 2.24) is 19.5 Å². The first kappa shape index (κ1) is 26.7. The van der Waals surface area contributed by atoms with Gasteiger partial charge in [-0.05, 0) is 56.0 Å². The summed E-state index contributed by atoms with van der Waals surface area (Å²) in [6.45, 7) is 4.15. The summed E-state index contributed by atoms with van der Waals surface area (Å²) in [6, 6.07) is 12.7. The highest BCUT2D eigenvalue weighted by molar-refractivity contribution is 6.33. The number of aliphatic carboxylic acids is 1. The number of ether oxygens (including phenoxy) is 2. The largest absolute Gasteiger partial charge is 0.494 e. The molecule has 0 spiro atoms. The van der Waals surface area contributed by atoms with Gasteiger partial charge in [0.15, 0.2) is 11.2 Å². The molecule has 0 unspecified atom stereocenters. The van der Waals surface area contributed by atoms with Gasteiger partial charge in [0, 0.05) is 5.56 Å². The van der Waals surface area contributed by atoms with Gasteiger partial charge in [0.05, 0.1) is 34.7 Å². The second-order valence-corrected chi connectivity index (χ2v) is 10.6. The van der Waals surface area contributed by atoms with Gasteiger partial charge in [0.2, 0.25) is 5.88 Å². The SMILES string of the molecule is C[C@H](CCOc1ccc(-c2nc3c(OC4(C)CC4)ncnc3n2Cc2cccc(Cl)c2C#N)c(Cl)c1)C(=O)O. The first-order valence-electron chi connectivity index (χ1n) is 12.4. The van der Waals surface area contributed by atoms with Crippen LogP contribution in [0, 0.1) is 17.2 Å². The van der Waals surface area contributed by atoms with Crippen LogP contribution in [0.3, 0.4) is 0 Å². The molecule has 1 atom stereocenters. The number of hydrogen-bond acceptors (Lipinski definition) is 7. The number of fused-ring (bicyclic) bond motifs is 1. The average molecular weight is 566 g/mol. The molecule has 4 aromatic rings. The van der Waals surface area contributed by atoms with E-state index in [0.29, 0.717) is 61.8 Å². The number of aromatic nitrogens is 4. The summed E-state index contributed by atoms with van der Waals surface area (Å²) >= 11 is 13.0. The van der Waals surface area contributed by atoms with Crippen molar-refractivity contribution >= 4 is 40.3 Å². The van der Waals surface area contributed by atoms with Gasteiger partial charge in [0.1, 0.15) is 29.6 Å². The maximum Gasteiger partial charge on any atom is 0.306 e. The molecule has 11 heteroatoms. The average Bonchev–Trinajstić information content (AvgIpc) is 3.52. The zero-order valence-electron chi connectivity index (χ0n) is 21.3. The lowest BCUT2D eigenvalue weighted by Crippen LogP contribution is -2.13. The highest BCUT2D eigenvalue weighted by Crippen LogP contribution is 2.41. The molecule has 200 valence electrons. The summed E-state index contributed by atoms with van der Waals surface area (Å²) in [5, 5.41) is 19.6. The molecule has 5 rings (SSSR count). The Labute approximate surface area is 234 Å². The van der Waals surface area contributed by atoms with Crippen molar-refractivity contribution in [3.05, 3.63) is 63.9 Å². The summed E-state index contributed by atoms with van der Waals surface area (Å²) in [5.41, 5.74) is 2.42. The molecule has 1 saturated carbocycles. The second-order valence-electron chi connectivity index (χ2n) is 9.83. The summed E-state index contributed by atoms with van der Waals surface area (Å²) < 4.78 is 13.8. The van der Waals surface area contributed by atoms with Gasteiger partial charge >= 0.3 is 5.97 Å². The molecule has 1 fully saturated rings. The van der Waals surface area contributed by atoms with E-state index in [0.717, 1.165) is 12.8 Å². The number of rotatable bonds is 10. The van der Waals surface area contributed by atoms with Crippen LogP contribution in [0.1, 0.15) is 44.2 Å². The van der Waals surface area contributed by atoms with Crippen molar-refractivity contribution < 1.29 is 19.4 Å². The number of carbonyl (C=O) groups is 1. The van der Waals surface area contributed by atoms with Crippen LogP contribution in [0.15, 0.2) is 42.7 Å². The van der Waals surface area contributed by atoms with Gasteiger partial charge in [0.25, 0.3) is 0 Å². The maximum absolute atomic E-state index is 11.1. The molecule has 39 heavy (non-hydrogen) atoms. The van der Waals surface area contributed by atoms with Crippen LogP contribution >= 0.6 is 23.2 Å². The van der Waals surface area contributed by atoms with E-state index < -0.39 is 11.9 Å². The number of carboxylic acids is 1. The lowest BCUT2D eigenvalue weighted by atomic mass is 10.1. The molecule has 2 heterocycles. The zero-order chi connectivity index (χ0) is 27.7. The Kier molecular flexibility index (Phi) is 7.34. The van der Waals surface area contributed by atoms with Crippen molar-refractivity contribution in [3.8, 4) is 29.1 Å². The fourth-order valence-corrected chi connectivity index (χ4v) is 4.59. The molecular formula is C28H25Cl2N5O4. The third-order valence-corrected chi connectivity index (χ3v) is 7.39. The van der Waals surface area contributed by atoms with E-state index in [4.69, 9.17) is 42.8 Å². The summed E-state index contributed by atoms with van der Waals surface area (Å²) in [6.07, 6.45) is 3.66. The number of nitrogens with zero attached hydrogens (tertiary/aromatic N) is 5. The summed E-state index contributed by atoms with van der Waals surface area (Å²) in [7, 11) is 0. The molecule has 2 aromatic carbocycles. The number of benzene rings is 2. The quantitative estimate of drug-likeness (QED) is 0.243. The van der Waals surface area contributed by atoms with E-state index >= 15 is 0 Å². The molecule has 0 bridgehead atoms. The predicted molar refractivity (Wildman–Crippen MR) is 146 cm³/mol. The minimum atomic E-state index is -0.868. The molecule has 0 aliphatic heterocycles. The lowest BCUT2D eigenvalue weighted by Gasteiger charge is -2.13. The molecule has 1 N–H and O–H groups in total. The Morgan fingerprint density at radius 1 is 1.23 bits per heavy atom. The van der Waals surface area contributed by atoms with Crippen molar-refractivity contribution in [2.75, 3.05) is 6.61 Å². The monoisotopic (exact) mass is 565 g/mol. The van der Waals surface area contributed by atoms with Crippen molar-refractivity contribution in [2.45, 2.75) is 45.3 Å². The molecule has 0 saturated heterocycles. The van der Waals surface area contributed by atoms with Crippen molar-refractivity contribution in [3.63, 3.8) is 0 Å². The van der Waals surface area contributed by atoms with Crippen LogP contribution in [0.2, 0.25) is 10.0 Å². The van der Waals surface area contributed by atoms with Gasteiger partial charge in [-0.25, -0.2) is 9.97 Å². The third kappa shape index (κ3) is 5.63. The molecule has 2 aromatic heterocycles. The van der Waals surface area contributed by atoms with Crippen LogP contribution in [0.4, 0.5) is 0 Å². The van der Waals surface area contributed by atoms with Crippen LogP contribution < -0.4 is 9.47 Å². The first-order valence-corrected chi connectivity index (χ1v) is 13.2. The normalized spacial score (nSPS) is 14.5. The predicted octanol–water partition coefficient (Wildman–Crippen LogP) is 6.14. The third-order valence-electron chi connectivity index (χ3n) is 6.76. The summed E-state index contributed by atoms with van der Waals surface area (Å²) in [5.74, 6) is 0.0228. The molecule has 1 aliphatic carbocycles. The minimum absolute atomic E-state index is 0.239. The van der Waals surface area contributed by atoms with E-state index in [1.165, 1.54) is 6.33 Å². The van der Waals surface area contributed by atoms with E-state index in [-0.39, 0.29) is 18.8 Å². The fraction of sp³-hybridized carbons (Fsp3) is 0.321. The Hall–Kier alpha value is -3.87. The fourth-order valence-electron chi connectivity index (χ4n) is 4.10. The number of halogens is 2. The Morgan fingerprint density at radius 2 is 2.03 bits per heavy atom. The van der Waals surface area contributed by atoms with Crippen molar-refractivity contribution in [1.29, 1.82) is 5.26 Å². The topological polar surface area (TPSA) is 123 Å². The highest BCUT2D eigenvalue weighted by Gasteiger charge is 2.41. The van der Waals surface area contributed by atoms with Crippen LogP contribution in [0.5, 0.6) is 11.6 Å². The van der Waals surface area contributed by atoms with Crippen LogP contribution in [0.25, 0.3) is 22.6 Å². The number of hydrogen-bond donors (Lipinski definition) is 1. The Bertz CT molecular complexity index is 1610. The van der Waals surface area contributed by atoms with E-state index in [2.05, 4.69) is 16.0 Å². The molecular weight excluding hydrogens is 541 g/mol. The second kappa shape index (κ2) is 10.7. The van der Waals surface area contributed by atoms with Gasteiger partial charge in [-0.2, -0.15) is 10.2 Å². The van der Waals surface area contributed by atoms with Gasteiger partial charge in [-0.1, -0.05) is 42.3 Å². The van der Waals surface area contributed by atoms with Crippen LogP contribution in [-0.4, -0.2) is 42.8 Å². The minimum Gasteiger partial charge on any atom is -0.494 e. The highest BCUT2D eigenvalue weighted by atomic mass is 35.5. The van der Waals surface area contributed by atoms with Crippen LogP contribution in [-0.2, 0) is 11.3 Å². The van der Waals surface area contributed by atoms with Crippen molar-refractivity contribution in [2.24, 2.45) is 5.92 Å². The lowest BCUT2D eigenvalue weighted by molar-refractivity contribution is -0.141. The zero-order valence-corrected chi connectivity index (χ0v) is 22.8. The van der Waals surface area contributed by atoms with Gasteiger partial charge in [-0.3, -0.25) is 4.79 Å².